The summed E-state index contributed by atoms with van der Waals surface area (Å²) < 4.78 is 1.20. The topological polar surface area (TPSA) is 57.6 Å². The Hall–Kier alpha value is -2.66. The lowest BCUT2D eigenvalue weighted by Gasteiger charge is -2.32. The Labute approximate surface area is 162 Å². The van der Waals surface area contributed by atoms with E-state index in [2.05, 4.69) is 0 Å². The van der Waals surface area contributed by atoms with E-state index in [4.69, 9.17) is 0 Å². The summed E-state index contributed by atoms with van der Waals surface area (Å²) in [5.74, 6) is -0.372. The van der Waals surface area contributed by atoms with Gasteiger partial charge in [-0.3, -0.25) is 4.79 Å². The number of piperidine rings is 1. The van der Waals surface area contributed by atoms with Gasteiger partial charge in [0.05, 0.1) is 5.56 Å². The zero-order chi connectivity index (χ0) is 18.8. The number of nitrogens with zero attached hydrogens (tertiary/aromatic N) is 1. The second-order valence-electron chi connectivity index (χ2n) is 7.08. The second kappa shape index (κ2) is 7.53. The van der Waals surface area contributed by atoms with Crippen molar-refractivity contribution in [3.63, 3.8) is 0 Å². The molecule has 5 heteroatoms. The summed E-state index contributed by atoms with van der Waals surface area (Å²) in [4.78, 5) is 26.1. The predicted molar refractivity (Wildman–Crippen MR) is 108 cm³/mol. The van der Waals surface area contributed by atoms with Crippen LogP contribution < -0.4 is 0 Å². The predicted octanol–water partition coefficient (Wildman–Crippen LogP) is 4.69. The number of benzene rings is 2. The quantitative estimate of drug-likeness (QED) is 0.715. The molecule has 1 N–H and O–H groups in total. The van der Waals surface area contributed by atoms with Crippen LogP contribution in [0.15, 0.2) is 53.9 Å². The molecule has 3 aromatic rings. The number of thiophene rings is 1. The van der Waals surface area contributed by atoms with Crippen LogP contribution >= 0.6 is 11.3 Å². The molecular formula is C22H21NO3S. The first kappa shape index (κ1) is 17.7. The summed E-state index contributed by atoms with van der Waals surface area (Å²) in [6.07, 6.45) is 2.56. The van der Waals surface area contributed by atoms with Crippen molar-refractivity contribution in [2.45, 2.75) is 19.3 Å². The number of likely N-dealkylation sites (tertiary alicyclic amines) is 1. The van der Waals surface area contributed by atoms with E-state index >= 15 is 0 Å². The molecule has 1 aliphatic heterocycles. The molecule has 0 unspecified atom stereocenters. The Morgan fingerprint density at radius 2 is 1.85 bits per heavy atom. The van der Waals surface area contributed by atoms with Gasteiger partial charge in [0, 0.05) is 23.4 Å². The number of carbonyl (C=O) groups excluding carboxylic acids is 1. The SMILES string of the molecule is O=C(O)c1ccccc1CC1CCN(C(=O)c2ccc3sccc3c2)CC1. The van der Waals surface area contributed by atoms with Gasteiger partial charge >= 0.3 is 5.97 Å². The first-order valence-electron chi connectivity index (χ1n) is 9.19. The van der Waals surface area contributed by atoms with E-state index in [1.54, 1.807) is 23.5 Å². The first-order valence-corrected chi connectivity index (χ1v) is 10.1. The number of carboxylic acid groups (broad SMARTS) is 1. The molecule has 4 rings (SSSR count). The lowest BCUT2D eigenvalue weighted by molar-refractivity contribution is 0.0690. The maximum absolute atomic E-state index is 12.8. The van der Waals surface area contributed by atoms with Crippen molar-refractivity contribution < 1.29 is 14.7 Å². The second-order valence-corrected chi connectivity index (χ2v) is 8.02. The smallest absolute Gasteiger partial charge is 0.335 e. The molecule has 138 valence electrons. The van der Waals surface area contributed by atoms with E-state index in [-0.39, 0.29) is 5.91 Å². The van der Waals surface area contributed by atoms with Gasteiger partial charge in [0.15, 0.2) is 0 Å². The number of carboxylic acids is 1. The highest BCUT2D eigenvalue weighted by atomic mass is 32.1. The molecule has 1 aliphatic rings. The van der Waals surface area contributed by atoms with Crippen LogP contribution in [0.2, 0.25) is 0 Å². The van der Waals surface area contributed by atoms with Crippen LogP contribution in [-0.2, 0) is 6.42 Å². The zero-order valence-corrected chi connectivity index (χ0v) is 15.7. The van der Waals surface area contributed by atoms with Gasteiger partial charge in [-0.1, -0.05) is 18.2 Å². The van der Waals surface area contributed by atoms with Gasteiger partial charge in [0.2, 0.25) is 0 Å². The minimum atomic E-state index is -0.873. The minimum absolute atomic E-state index is 0.0903. The van der Waals surface area contributed by atoms with Crippen LogP contribution in [-0.4, -0.2) is 35.0 Å². The highest BCUT2D eigenvalue weighted by molar-refractivity contribution is 7.17. The van der Waals surface area contributed by atoms with Crippen LogP contribution in [0.25, 0.3) is 10.1 Å². The van der Waals surface area contributed by atoms with Crippen molar-refractivity contribution in [2.24, 2.45) is 5.92 Å². The van der Waals surface area contributed by atoms with Crippen LogP contribution in [0, 0.1) is 5.92 Å². The van der Waals surface area contributed by atoms with E-state index in [0.29, 0.717) is 11.5 Å². The number of hydrogen-bond donors (Lipinski definition) is 1. The molecule has 4 nitrogen and oxygen atoms in total. The normalized spacial score (nSPS) is 15.2. The molecule has 0 saturated carbocycles. The van der Waals surface area contributed by atoms with E-state index in [1.165, 1.54) is 4.70 Å². The first-order chi connectivity index (χ1) is 13.1. The molecule has 1 fully saturated rings. The third kappa shape index (κ3) is 3.74. The maximum Gasteiger partial charge on any atom is 0.335 e. The average Bonchev–Trinajstić information content (AvgIpc) is 3.16. The van der Waals surface area contributed by atoms with Gasteiger partial charge in [-0.2, -0.15) is 0 Å². The third-order valence-corrected chi connectivity index (χ3v) is 6.26. The van der Waals surface area contributed by atoms with Gasteiger partial charge < -0.3 is 10.0 Å². The zero-order valence-electron chi connectivity index (χ0n) is 14.9. The number of rotatable bonds is 4. The monoisotopic (exact) mass is 379 g/mol. The van der Waals surface area contributed by atoms with Crippen LogP contribution in [0.5, 0.6) is 0 Å². The molecule has 27 heavy (non-hydrogen) atoms. The molecule has 0 spiro atoms. The Bertz CT molecular complexity index is 986. The number of hydrogen-bond acceptors (Lipinski definition) is 3. The lowest BCUT2D eigenvalue weighted by atomic mass is 9.88. The maximum atomic E-state index is 12.8. The molecule has 1 amide bonds. The van der Waals surface area contributed by atoms with Crippen molar-refractivity contribution in [1.82, 2.24) is 4.90 Å². The van der Waals surface area contributed by atoms with Gasteiger partial charge in [0.1, 0.15) is 0 Å². The molecule has 1 aromatic heterocycles. The van der Waals surface area contributed by atoms with Crippen LogP contribution in [0.1, 0.15) is 39.1 Å². The Kier molecular flexibility index (Phi) is 4.94. The lowest BCUT2D eigenvalue weighted by Crippen LogP contribution is -2.39. The van der Waals surface area contributed by atoms with E-state index in [9.17, 15) is 14.7 Å². The fourth-order valence-corrected chi connectivity index (χ4v) is 4.61. The number of aromatic carboxylic acids is 1. The van der Waals surface area contributed by atoms with Crippen molar-refractivity contribution in [3.05, 3.63) is 70.6 Å². The molecule has 0 atom stereocenters. The summed E-state index contributed by atoms with van der Waals surface area (Å²) in [5.41, 5.74) is 2.02. The van der Waals surface area contributed by atoms with Gasteiger partial charge in [-0.25, -0.2) is 4.79 Å². The Morgan fingerprint density at radius 1 is 1.07 bits per heavy atom. The highest BCUT2D eigenvalue weighted by Crippen LogP contribution is 2.26. The van der Waals surface area contributed by atoms with E-state index < -0.39 is 5.97 Å². The molecular weight excluding hydrogens is 358 g/mol. The summed E-state index contributed by atoms with van der Waals surface area (Å²) in [7, 11) is 0. The van der Waals surface area contributed by atoms with Crippen molar-refractivity contribution in [2.75, 3.05) is 13.1 Å². The number of carbonyl (C=O) groups is 2. The molecule has 2 heterocycles. The molecule has 0 aliphatic carbocycles. The van der Waals surface area contributed by atoms with Crippen LogP contribution in [0.3, 0.4) is 0 Å². The highest BCUT2D eigenvalue weighted by Gasteiger charge is 2.25. The standard InChI is InChI=1S/C22H21NO3S/c24-21(18-5-6-20-17(14-18)9-12-27-20)23-10-7-15(8-11-23)13-16-3-1-2-4-19(16)22(25)26/h1-6,9,12,14-15H,7-8,10-11,13H2,(H,25,26). The van der Waals surface area contributed by atoms with Crippen LogP contribution in [0.4, 0.5) is 0 Å². The fourth-order valence-electron chi connectivity index (χ4n) is 3.84. The Morgan fingerprint density at radius 3 is 2.63 bits per heavy atom. The van der Waals surface area contributed by atoms with Gasteiger partial charge in [-0.05, 0) is 71.8 Å². The summed E-state index contributed by atoms with van der Waals surface area (Å²) >= 11 is 1.68. The summed E-state index contributed by atoms with van der Waals surface area (Å²) in [5, 5.41) is 12.5. The van der Waals surface area contributed by atoms with Gasteiger partial charge in [0.25, 0.3) is 5.91 Å². The van der Waals surface area contributed by atoms with Crippen molar-refractivity contribution >= 4 is 33.3 Å². The molecule has 2 aromatic carbocycles. The molecule has 0 bridgehead atoms. The molecule has 1 saturated heterocycles. The summed E-state index contributed by atoms with van der Waals surface area (Å²) in [6.45, 7) is 1.45. The number of fused-ring (bicyclic) bond motifs is 1. The van der Waals surface area contributed by atoms with E-state index in [1.807, 2.05) is 46.7 Å². The van der Waals surface area contributed by atoms with Crippen molar-refractivity contribution in [3.8, 4) is 0 Å². The van der Waals surface area contributed by atoms with Crippen molar-refractivity contribution in [1.29, 1.82) is 0 Å². The molecule has 0 radical (unpaired) electrons. The minimum Gasteiger partial charge on any atom is -0.478 e. The van der Waals surface area contributed by atoms with Gasteiger partial charge in [-0.15, -0.1) is 11.3 Å². The number of amides is 1. The fraction of sp³-hybridized carbons (Fsp3) is 0.273. The Balaban J connectivity index is 1.40. The van der Waals surface area contributed by atoms with E-state index in [0.717, 1.165) is 48.9 Å². The third-order valence-electron chi connectivity index (χ3n) is 5.36. The summed E-state index contributed by atoms with van der Waals surface area (Å²) in [6, 6.07) is 15.2. The largest absolute Gasteiger partial charge is 0.478 e. The average molecular weight is 379 g/mol.